The van der Waals surface area contributed by atoms with Crippen LogP contribution in [0.3, 0.4) is 0 Å². The van der Waals surface area contributed by atoms with Crippen molar-refractivity contribution in [3.8, 4) is 0 Å². The first-order valence-corrected chi connectivity index (χ1v) is 6.00. The van der Waals surface area contributed by atoms with Crippen molar-refractivity contribution in [2.75, 3.05) is 26.2 Å². The number of piperidine rings is 1. The van der Waals surface area contributed by atoms with Crippen molar-refractivity contribution < 1.29 is 19.5 Å². The van der Waals surface area contributed by atoms with E-state index in [9.17, 15) is 14.4 Å². The zero-order valence-corrected chi connectivity index (χ0v) is 10.2. The summed E-state index contributed by atoms with van der Waals surface area (Å²) >= 11 is 0. The van der Waals surface area contributed by atoms with Gasteiger partial charge in [0.1, 0.15) is 0 Å². The van der Waals surface area contributed by atoms with Gasteiger partial charge in [-0.3, -0.25) is 14.4 Å². The predicted octanol–water partition coefficient (Wildman–Crippen LogP) is -1.23. The molecule has 1 saturated heterocycles. The second-order valence-electron chi connectivity index (χ2n) is 4.40. The molecule has 0 saturated carbocycles. The molecule has 18 heavy (non-hydrogen) atoms. The van der Waals surface area contributed by atoms with Crippen LogP contribution in [0, 0.1) is 5.92 Å². The summed E-state index contributed by atoms with van der Waals surface area (Å²) in [6.45, 7) is 1.35. The molecule has 102 valence electrons. The van der Waals surface area contributed by atoms with Gasteiger partial charge in [-0.2, -0.15) is 0 Å². The van der Waals surface area contributed by atoms with E-state index in [0.29, 0.717) is 13.1 Å². The molecular formula is C11H19N3O4. The van der Waals surface area contributed by atoms with Crippen LogP contribution in [0.2, 0.25) is 0 Å². The predicted molar refractivity (Wildman–Crippen MR) is 63.6 cm³/mol. The number of carbonyl (C=O) groups excluding carboxylic acids is 2. The number of likely N-dealkylation sites (tertiary alicyclic amines) is 1. The number of nitrogens with one attached hydrogen (secondary N) is 1. The normalized spacial score (nSPS) is 19.6. The van der Waals surface area contributed by atoms with E-state index in [1.54, 1.807) is 4.90 Å². The van der Waals surface area contributed by atoms with E-state index >= 15 is 0 Å². The van der Waals surface area contributed by atoms with Gasteiger partial charge in [0, 0.05) is 19.6 Å². The lowest BCUT2D eigenvalue weighted by atomic mass is 9.97. The van der Waals surface area contributed by atoms with Gasteiger partial charge >= 0.3 is 5.97 Å². The fourth-order valence-corrected chi connectivity index (χ4v) is 1.94. The molecule has 0 radical (unpaired) electrons. The van der Waals surface area contributed by atoms with Gasteiger partial charge in [0.15, 0.2) is 0 Å². The average molecular weight is 257 g/mol. The molecule has 2 amide bonds. The number of carboxylic acid groups (broad SMARTS) is 1. The van der Waals surface area contributed by atoms with Crippen molar-refractivity contribution in [3.63, 3.8) is 0 Å². The number of aliphatic carboxylic acids is 1. The van der Waals surface area contributed by atoms with Gasteiger partial charge in [-0.1, -0.05) is 0 Å². The Morgan fingerprint density at radius 2 is 2.11 bits per heavy atom. The molecule has 0 spiro atoms. The van der Waals surface area contributed by atoms with Crippen molar-refractivity contribution in [2.45, 2.75) is 19.3 Å². The Hall–Kier alpha value is -1.63. The number of nitrogens with two attached hydrogens (primary N) is 1. The van der Waals surface area contributed by atoms with Crippen LogP contribution in [0.5, 0.6) is 0 Å². The monoisotopic (exact) mass is 257 g/mol. The Morgan fingerprint density at radius 3 is 2.72 bits per heavy atom. The van der Waals surface area contributed by atoms with Crippen molar-refractivity contribution in [3.05, 3.63) is 0 Å². The molecule has 4 N–H and O–H groups in total. The largest absolute Gasteiger partial charge is 0.481 e. The number of hydrogen-bond donors (Lipinski definition) is 3. The topological polar surface area (TPSA) is 113 Å². The molecule has 1 atom stereocenters. The first-order valence-electron chi connectivity index (χ1n) is 6.00. The highest BCUT2D eigenvalue weighted by atomic mass is 16.4. The van der Waals surface area contributed by atoms with Crippen molar-refractivity contribution in [1.82, 2.24) is 10.2 Å². The molecule has 0 aromatic heterocycles. The zero-order chi connectivity index (χ0) is 13.5. The molecule has 0 aliphatic carbocycles. The first kappa shape index (κ1) is 14.4. The minimum absolute atomic E-state index is 0.0167. The molecule has 0 aromatic rings. The molecule has 1 unspecified atom stereocenters. The van der Waals surface area contributed by atoms with Gasteiger partial charge in [-0.05, 0) is 12.8 Å². The second-order valence-corrected chi connectivity index (χ2v) is 4.40. The summed E-state index contributed by atoms with van der Waals surface area (Å²) in [5, 5.41) is 11.2. The van der Waals surface area contributed by atoms with Crippen LogP contribution < -0.4 is 11.1 Å². The first-order chi connectivity index (χ1) is 8.50. The molecular weight excluding hydrogens is 238 g/mol. The van der Waals surface area contributed by atoms with Crippen molar-refractivity contribution >= 4 is 17.8 Å². The molecule has 7 nitrogen and oxygen atoms in total. The van der Waals surface area contributed by atoms with Crippen LogP contribution in [0.15, 0.2) is 0 Å². The van der Waals surface area contributed by atoms with Gasteiger partial charge in [-0.25, -0.2) is 0 Å². The number of amides is 2. The standard InChI is InChI=1S/C11H19N3O4/c12-11(18)8-2-1-5-14(7-8)9(15)6-13-4-3-10(16)17/h8,13H,1-7H2,(H2,12,18)(H,16,17). The van der Waals surface area contributed by atoms with Crippen LogP contribution in [0.4, 0.5) is 0 Å². The maximum absolute atomic E-state index is 11.8. The van der Waals surface area contributed by atoms with Gasteiger partial charge in [0.25, 0.3) is 0 Å². The average Bonchev–Trinajstić information content (AvgIpc) is 2.34. The highest BCUT2D eigenvalue weighted by molar-refractivity contribution is 5.81. The number of nitrogens with zero attached hydrogens (tertiary/aromatic N) is 1. The fraction of sp³-hybridized carbons (Fsp3) is 0.727. The minimum atomic E-state index is -0.901. The van der Waals surface area contributed by atoms with E-state index in [1.807, 2.05) is 0 Å². The lowest BCUT2D eigenvalue weighted by Crippen LogP contribution is -2.47. The van der Waals surface area contributed by atoms with E-state index in [0.717, 1.165) is 12.8 Å². The lowest BCUT2D eigenvalue weighted by molar-refractivity contribution is -0.138. The summed E-state index contributed by atoms with van der Waals surface area (Å²) in [5.74, 6) is -1.65. The third-order valence-corrected chi connectivity index (χ3v) is 2.97. The molecule has 1 rings (SSSR count). The van der Waals surface area contributed by atoms with E-state index in [-0.39, 0.29) is 37.2 Å². The molecule has 0 bridgehead atoms. The van der Waals surface area contributed by atoms with E-state index in [2.05, 4.69) is 5.32 Å². The van der Waals surface area contributed by atoms with Crippen molar-refractivity contribution in [1.29, 1.82) is 0 Å². The maximum Gasteiger partial charge on any atom is 0.304 e. The highest BCUT2D eigenvalue weighted by Gasteiger charge is 2.26. The summed E-state index contributed by atoms with van der Waals surface area (Å²) in [4.78, 5) is 34.7. The Morgan fingerprint density at radius 1 is 1.39 bits per heavy atom. The Labute approximate surface area is 105 Å². The second kappa shape index (κ2) is 6.95. The summed E-state index contributed by atoms with van der Waals surface area (Å²) in [6.07, 6.45) is 1.48. The minimum Gasteiger partial charge on any atom is -0.481 e. The number of primary amides is 1. The molecule has 0 aromatic carbocycles. The van der Waals surface area contributed by atoms with Gasteiger partial charge in [0.05, 0.1) is 18.9 Å². The summed E-state index contributed by atoms with van der Waals surface area (Å²) in [5.41, 5.74) is 5.23. The van der Waals surface area contributed by atoms with E-state index in [4.69, 9.17) is 10.8 Å². The van der Waals surface area contributed by atoms with Crippen LogP contribution in [0.1, 0.15) is 19.3 Å². The third-order valence-electron chi connectivity index (χ3n) is 2.97. The molecule has 1 aliphatic heterocycles. The number of hydrogen-bond acceptors (Lipinski definition) is 4. The summed E-state index contributed by atoms with van der Waals surface area (Å²) < 4.78 is 0. The molecule has 7 heteroatoms. The van der Waals surface area contributed by atoms with Crippen LogP contribution in [0.25, 0.3) is 0 Å². The highest BCUT2D eigenvalue weighted by Crippen LogP contribution is 2.15. The SMILES string of the molecule is NC(=O)C1CCCN(C(=O)CNCCC(=O)O)C1. The Kier molecular flexibility index (Phi) is 5.57. The molecule has 1 aliphatic rings. The van der Waals surface area contributed by atoms with E-state index in [1.165, 1.54) is 0 Å². The number of carbonyl (C=O) groups is 3. The molecule has 1 fully saturated rings. The Balaban J connectivity index is 2.28. The number of rotatable bonds is 6. The smallest absolute Gasteiger partial charge is 0.304 e. The van der Waals surface area contributed by atoms with Gasteiger partial charge in [-0.15, -0.1) is 0 Å². The zero-order valence-electron chi connectivity index (χ0n) is 10.2. The summed E-state index contributed by atoms with van der Waals surface area (Å²) in [7, 11) is 0. The summed E-state index contributed by atoms with van der Waals surface area (Å²) in [6, 6.07) is 0. The van der Waals surface area contributed by atoms with Gasteiger partial charge < -0.3 is 21.1 Å². The van der Waals surface area contributed by atoms with Crippen LogP contribution >= 0.6 is 0 Å². The lowest BCUT2D eigenvalue weighted by Gasteiger charge is -2.31. The Bertz CT molecular complexity index is 332. The molecule has 1 heterocycles. The van der Waals surface area contributed by atoms with Crippen molar-refractivity contribution in [2.24, 2.45) is 11.7 Å². The quantitative estimate of drug-likeness (QED) is 0.516. The van der Waals surface area contributed by atoms with Gasteiger partial charge in [0.2, 0.25) is 11.8 Å². The maximum atomic E-state index is 11.8. The van der Waals surface area contributed by atoms with Crippen LogP contribution in [-0.2, 0) is 14.4 Å². The fourth-order valence-electron chi connectivity index (χ4n) is 1.94. The van der Waals surface area contributed by atoms with Crippen LogP contribution in [-0.4, -0.2) is 54.0 Å². The third kappa shape index (κ3) is 4.70. The number of carboxylic acids is 1. The van der Waals surface area contributed by atoms with E-state index < -0.39 is 5.97 Å².